The number of nitrogens with zero attached hydrogens (tertiary/aromatic N) is 5. The number of fused-ring (bicyclic) bond motifs is 1. The van der Waals surface area contributed by atoms with Gasteiger partial charge in [-0.2, -0.15) is 5.10 Å². The Bertz CT molecular complexity index is 1140. The topological polar surface area (TPSA) is 84.2 Å². The molecule has 2 aromatic heterocycles. The SMILES string of the molecule is Fc1ccc(OCCN2CCOCC2)cc1.O=C(NC1CC1)c1cnn2ccc(N3CCCC3)nc12. The molecule has 2 saturated heterocycles. The van der Waals surface area contributed by atoms with E-state index in [4.69, 9.17) is 9.47 Å². The van der Waals surface area contributed by atoms with E-state index in [0.29, 0.717) is 23.9 Å². The van der Waals surface area contributed by atoms with Gasteiger partial charge in [0.25, 0.3) is 5.91 Å². The minimum absolute atomic E-state index is 0.0615. The predicted molar refractivity (Wildman–Crippen MR) is 134 cm³/mol. The fourth-order valence-electron chi connectivity index (χ4n) is 4.28. The third-order valence-electron chi connectivity index (χ3n) is 6.54. The number of benzene rings is 1. The number of nitrogens with one attached hydrogen (secondary N) is 1. The molecule has 192 valence electrons. The molecular formula is C26H33FN6O3. The maximum absolute atomic E-state index is 12.6. The van der Waals surface area contributed by atoms with Gasteiger partial charge in [-0.3, -0.25) is 9.69 Å². The summed E-state index contributed by atoms with van der Waals surface area (Å²) in [4.78, 5) is 21.4. The van der Waals surface area contributed by atoms with Crippen LogP contribution in [-0.2, 0) is 4.74 Å². The summed E-state index contributed by atoms with van der Waals surface area (Å²) >= 11 is 0. The van der Waals surface area contributed by atoms with Gasteiger partial charge in [0.05, 0.1) is 19.4 Å². The molecule has 1 aliphatic carbocycles. The molecule has 10 heteroatoms. The molecular weight excluding hydrogens is 463 g/mol. The van der Waals surface area contributed by atoms with E-state index in [2.05, 4.69) is 25.2 Å². The lowest BCUT2D eigenvalue weighted by atomic mass is 10.3. The summed E-state index contributed by atoms with van der Waals surface area (Å²) in [7, 11) is 0. The van der Waals surface area contributed by atoms with Crippen molar-refractivity contribution in [1.82, 2.24) is 24.8 Å². The lowest BCUT2D eigenvalue weighted by Crippen LogP contribution is -2.38. The number of amides is 1. The normalized spacial score (nSPS) is 18.1. The number of ether oxygens (including phenoxy) is 2. The van der Waals surface area contributed by atoms with E-state index in [1.807, 2.05) is 12.3 Å². The average Bonchev–Trinajstić information content (AvgIpc) is 3.37. The zero-order valence-corrected chi connectivity index (χ0v) is 20.4. The van der Waals surface area contributed by atoms with E-state index >= 15 is 0 Å². The van der Waals surface area contributed by atoms with Crippen LogP contribution in [0.5, 0.6) is 5.75 Å². The summed E-state index contributed by atoms with van der Waals surface area (Å²) < 4.78 is 25.1. The second kappa shape index (κ2) is 11.7. The monoisotopic (exact) mass is 496 g/mol. The molecule has 1 amide bonds. The fourth-order valence-corrected chi connectivity index (χ4v) is 4.28. The number of halogens is 1. The molecule has 1 N–H and O–H groups in total. The standard InChI is InChI=1S/C14H17N5O.C12H16FNO2/c20-14(16-10-3-4-10)11-9-15-19-8-5-12(17-13(11)19)18-6-1-2-7-18;13-11-1-3-12(4-2-11)16-10-7-14-5-8-15-9-6-14/h5,8-10H,1-4,6-7H2,(H,16,20);1-4H,5-10H2. The van der Waals surface area contributed by atoms with Crippen molar-refractivity contribution in [2.45, 2.75) is 31.7 Å². The number of morpholine rings is 1. The smallest absolute Gasteiger partial charge is 0.256 e. The van der Waals surface area contributed by atoms with Gasteiger partial charge < -0.3 is 19.7 Å². The molecule has 1 saturated carbocycles. The van der Waals surface area contributed by atoms with E-state index < -0.39 is 0 Å². The highest BCUT2D eigenvalue weighted by Gasteiger charge is 2.26. The van der Waals surface area contributed by atoms with Gasteiger partial charge >= 0.3 is 0 Å². The van der Waals surface area contributed by atoms with Crippen LogP contribution in [0.4, 0.5) is 10.2 Å². The summed E-state index contributed by atoms with van der Waals surface area (Å²) in [5, 5.41) is 7.20. The highest BCUT2D eigenvalue weighted by molar-refractivity contribution is 6.00. The number of carbonyl (C=O) groups excluding carboxylic acids is 1. The number of aromatic nitrogens is 3. The largest absolute Gasteiger partial charge is 0.492 e. The van der Waals surface area contributed by atoms with Crippen LogP contribution in [0, 0.1) is 5.82 Å². The Balaban J connectivity index is 0.000000152. The third kappa shape index (κ3) is 6.50. The van der Waals surface area contributed by atoms with Gasteiger partial charge in [-0.15, -0.1) is 0 Å². The van der Waals surface area contributed by atoms with Gasteiger partial charge in [-0.05, 0) is 56.0 Å². The molecule has 4 heterocycles. The quantitative estimate of drug-likeness (QED) is 0.539. The van der Waals surface area contributed by atoms with Crippen molar-refractivity contribution in [1.29, 1.82) is 0 Å². The lowest BCUT2D eigenvalue weighted by molar-refractivity contribution is 0.0322. The molecule has 36 heavy (non-hydrogen) atoms. The first-order valence-corrected chi connectivity index (χ1v) is 12.7. The number of carbonyl (C=O) groups is 1. The molecule has 0 unspecified atom stereocenters. The molecule has 1 aromatic carbocycles. The van der Waals surface area contributed by atoms with Gasteiger partial charge in [-0.1, -0.05) is 0 Å². The number of anilines is 1. The minimum Gasteiger partial charge on any atom is -0.492 e. The van der Waals surface area contributed by atoms with Crippen molar-refractivity contribution in [3.05, 3.63) is 54.1 Å². The van der Waals surface area contributed by atoms with Crippen LogP contribution >= 0.6 is 0 Å². The first-order chi connectivity index (χ1) is 17.7. The maximum Gasteiger partial charge on any atom is 0.256 e. The van der Waals surface area contributed by atoms with Crippen molar-refractivity contribution in [3.8, 4) is 5.75 Å². The zero-order valence-electron chi connectivity index (χ0n) is 20.4. The van der Waals surface area contributed by atoms with Gasteiger partial charge in [0, 0.05) is 45.0 Å². The highest BCUT2D eigenvalue weighted by Crippen LogP contribution is 2.22. The lowest BCUT2D eigenvalue weighted by Gasteiger charge is -2.26. The summed E-state index contributed by atoms with van der Waals surface area (Å²) in [6.45, 7) is 7.14. The average molecular weight is 497 g/mol. The molecule has 0 spiro atoms. The summed E-state index contributed by atoms with van der Waals surface area (Å²) in [5.74, 6) is 1.36. The Morgan fingerprint density at radius 2 is 1.83 bits per heavy atom. The van der Waals surface area contributed by atoms with Gasteiger partial charge in [0.15, 0.2) is 5.65 Å². The van der Waals surface area contributed by atoms with Crippen molar-refractivity contribution >= 4 is 17.4 Å². The van der Waals surface area contributed by atoms with E-state index in [-0.39, 0.29) is 11.7 Å². The Morgan fingerprint density at radius 1 is 1.08 bits per heavy atom. The van der Waals surface area contributed by atoms with Crippen LogP contribution in [0.25, 0.3) is 5.65 Å². The maximum atomic E-state index is 12.6. The molecule has 9 nitrogen and oxygen atoms in total. The summed E-state index contributed by atoms with van der Waals surface area (Å²) in [6, 6.07) is 8.42. The van der Waals surface area contributed by atoms with Crippen LogP contribution in [-0.4, -0.2) is 84.0 Å². The number of rotatable bonds is 7. The minimum atomic E-state index is -0.236. The van der Waals surface area contributed by atoms with Crippen molar-refractivity contribution in [2.24, 2.45) is 0 Å². The first-order valence-electron chi connectivity index (χ1n) is 12.7. The molecule has 3 fully saturated rings. The zero-order chi connectivity index (χ0) is 24.7. The molecule has 0 radical (unpaired) electrons. The number of hydrogen-bond acceptors (Lipinski definition) is 7. The van der Waals surface area contributed by atoms with Crippen molar-refractivity contribution in [2.75, 3.05) is 57.4 Å². The van der Waals surface area contributed by atoms with Crippen LogP contribution in [0.15, 0.2) is 42.7 Å². The van der Waals surface area contributed by atoms with Crippen molar-refractivity contribution in [3.63, 3.8) is 0 Å². The third-order valence-corrected chi connectivity index (χ3v) is 6.54. The molecule has 2 aliphatic heterocycles. The van der Waals surface area contributed by atoms with Gasteiger partial charge in [-0.25, -0.2) is 13.9 Å². The molecule has 0 bridgehead atoms. The van der Waals surface area contributed by atoms with Crippen LogP contribution in [0.2, 0.25) is 0 Å². The van der Waals surface area contributed by atoms with E-state index in [0.717, 1.165) is 70.3 Å². The van der Waals surface area contributed by atoms with E-state index in [1.54, 1.807) is 22.8 Å². The Kier molecular flexibility index (Phi) is 7.92. The second-order valence-corrected chi connectivity index (χ2v) is 9.31. The molecule has 3 aliphatic rings. The van der Waals surface area contributed by atoms with Gasteiger partial charge in [0.1, 0.15) is 29.6 Å². The summed E-state index contributed by atoms with van der Waals surface area (Å²) in [5.41, 5.74) is 1.21. The molecule has 6 rings (SSSR count). The Hall–Kier alpha value is -3.24. The highest BCUT2D eigenvalue weighted by atomic mass is 19.1. The van der Waals surface area contributed by atoms with E-state index in [9.17, 15) is 9.18 Å². The first kappa shape index (κ1) is 24.5. The van der Waals surface area contributed by atoms with Gasteiger partial charge in [0.2, 0.25) is 0 Å². The second-order valence-electron chi connectivity index (χ2n) is 9.31. The van der Waals surface area contributed by atoms with E-state index in [1.165, 1.54) is 25.0 Å². The molecule has 0 atom stereocenters. The Labute approximate surface area is 210 Å². The van der Waals surface area contributed by atoms with Crippen LogP contribution < -0.4 is 15.0 Å². The fraction of sp³-hybridized carbons (Fsp3) is 0.500. The van der Waals surface area contributed by atoms with Crippen molar-refractivity contribution < 1.29 is 18.7 Å². The van der Waals surface area contributed by atoms with Crippen LogP contribution in [0.1, 0.15) is 36.0 Å². The Morgan fingerprint density at radius 3 is 2.56 bits per heavy atom. The molecule has 3 aromatic rings. The van der Waals surface area contributed by atoms with Crippen LogP contribution in [0.3, 0.4) is 0 Å². The summed E-state index contributed by atoms with van der Waals surface area (Å²) in [6.07, 6.45) is 8.06. The predicted octanol–water partition coefficient (Wildman–Crippen LogP) is 2.76. The number of hydrogen-bond donors (Lipinski definition) is 1.